The summed E-state index contributed by atoms with van der Waals surface area (Å²) >= 11 is 1.61. The Labute approximate surface area is 118 Å². The molecule has 2 nitrogen and oxygen atoms in total. The maximum atomic E-state index is 9.38. The fraction of sp³-hybridized carbons (Fsp3) is 0.188. The Morgan fingerprint density at radius 3 is 2.53 bits per heavy atom. The van der Waals surface area contributed by atoms with Crippen molar-refractivity contribution in [3.8, 4) is 6.07 Å². The molecule has 1 atom stereocenters. The van der Waals surface area contributed by atoms with Gasteiger partial charge >= 0.3 is 0 Å². The van der Waals surface area contributed by atoms with Crippen LogP contribution in [0.15, 0.2) is 59.5 Å². The molecule has 0 aromatic heterocycles. The molecule has 2 aromatic rings. The second-order valence-corrected chi connectivity index (χ2v) is 5.60. The Kier molecular flexibility index (Phi) is 4.26. The number of thioether (sulfide) groups is 1. The molecule has 2 aromatic carbocycles. The minimum absolute atomic E-state index is 0.539. The average Bonchev–Trinajstić information content (AvgIpc) is 2.46. The summed E-state index contributed by atoms with van der Waals surface area (Å²) in [5.74, 6) is 0.539. The topological polar surface area (TPSA) is 49.8 Å². The van der Waals surface area contributed by atoms with Crippen LogP contribution in [-0.2, 0) is 5.54 Å². The van der Waals surface area contributed by atoms with Crippen LogP contribution in [0.2, 0.25) is 0 Å². The molecule has 1 unspecified atom stereocenters. The number of hydrogen-bond donors (Lipinski definition) is 1. The Bertz CT molecular complexity index is 589. The molecule has 96 valence electrons. The van der Waals surface area contributed by atoms with Gasteiger partial charge in [-0.2, -0.15) is 5.26 Å². The summed E-state index contributed by atoms with van der Waals surface area (Å²) in [6.45, 7) is 2.06. The van der Waals surface area contributed by atoms with E-state index < -0.39 is 5.54 Å². The maximum absolute atomic E-state index is 9.38. The van der Waals surface area contributed by atoms with Crippen LogP contribution in [0.1, 0.15) is 11.1 Å². The first-order valence-electron chi connectivity index (χ1n) is 6.09. The molecule has 0 spiro atoms. The molecule has 2 rings (SSSR count). The number of hydrogen-bond acceptors (Lipinski definition) is 3. The van der Waals surface area contributed by atoms with E-state index in [1.54, 1.807) is 11.8 Å². The van der Waals surface area contributed by atoms with Crippen LogP contribution in [0.3, 0.4) is 0 Å². The largest absolute Gasteiger partial charge is 0.309 e. The minimum atomic E-state index is -0.949. The third kappa shape index (κ3) is 3.37. The van der Waals surface area contributed by atoms with Gasteiger partial charge in [0.05, 0.1) is 6.07 Å². The smallest absolute Gasteiger partial charge is 0.139 e. The van der Waals surface area contributed by atoms with E-state index in [-0.39, 0.29) is 0 Å². The van der Waals surface area contributed by atoms with E-state index in [1.165, 1.54) is 5.56 Å². The number of rotatable bonds is 4. The summed E-state index contributed by atoms with van der Waals surface area (Å²) in [4.78, 5) is 1.14. The van der Waals surface area contributed by atoms with Gasteiger partial charge in [-0.3, -0.25) is 0 Å². The lowest BCUT2D eigenvalue weighted by Crippen LogP contribution is -2.37. The van der Waals surface area contributed by atoms with Crippen molar-refractivity contribution in [2.45, 2.75) is 17.4 Å². The lowest BCUT2D eigenvalue weighted by molar-refractivity contribution is 0.659. The predicted molar refractivity (Wildman–Crippen MR) is 79.8 cm³/mol. The summed E-state index contributed by atoms with van der Waals surface area (Å²) in [6, 6.07) is 20.0. The van der Waals surface area contributed by atoms with Crippen molar-refractivity contribution in [3.05, 3.63) is 65.7 Å². The molecule has 19 heavy (non-hydrogen) atoms. The first kappa shape index (κ1) is 13.7. The van der Waals surface area contributed by atoms with Crippen molar-refractivity contribution in [3.63, 3.8) is 0 Å². The van der Waals surface area contributed by atoms with E-state index in [4.69, 9.17) is 5.73 Å². The number of nitrogens with zero attached hydrogens (tertiary/aromatic N) is 1. The van der Waals surface area contributed by atoms with Crippen LogP contribution in [0.4, 0.5) is 0 Å². The third-order valence-corrected chi connectivity index (χ3v) is 4.13. The van der Waals surface area contributed by atoms with Gasteiger partial charge in [0.15, 0.2) is 0 Å². The highest BCUT2D eigenvalue weighted by atomic mass is 32.2. The molecule has 0 radical (unpaired) electrons. The Balaban J connectivity index is 2.14. The zero-order valence-corrected chi connectivity index (χ0v) is 11.7. The molecule has 0 aliphatic heterocycles. The first-order valence-corrected chi connectivity index (χ1v) is 7.08. The number of benzene rings is 2. The lowest BCUT2D eigenvalue weighted by Gasteiger charge is -2.21. The van der Waals surface area contributed by atoms with Crippen molar-refractivity contribution < 1.29 is 0 Å². The zero-order valence-electron chi connectivity index (χ0n) is 10.8. The van der Waals surface area contributed by atoms with Crippen molar-refractivity contribution in [2.24, 2.45) is 5.73 Å². The highest BCUT2D eigenvalue weighted by Gasteiger charge is 2.27. The molecule has 3 heteroatoms. The quantitative estimate of drug-likeness (QED) is 0.864. The maximum Gasteiger partial charge on any atom is 0.139 e. The SMILES string of the molecule is Cc1cccc(SCC(N)(C#N)c2ccccc2)c1. The lowest BCUT2D eigenvalue weighted by atomic mass is 9.95. The third-order valence-electron chi connectivity index (χ3n) is 2.94. The van der Waals surface area contributed by atoms with E-state index in [0.29, 0.717) is 5.75 Å². The van der Waals surface area contributed by atoms with Gasteiger partial charge in [0.1, 0.15) is 5.54 Å². The van der Waals surface area contributed by atoms with E-state index in [1.807, 2.05) is 42.5 Å². The van der Waals surface area contributed by atoms with E-state index in [9.17, 15) is 5.26 Å². The summed E-state index contributed by atoms with van der Waals surface area (Å²) in [7, 11) is 0. The second kappa shape index (κ2) is 5.92. The molecular weight excluding hydrogens is 252 g/mol. The number of nitriles is 1. The van der Waals surface area contributed by atoms with Gasteiger partial charge in [-0.05, 0) is 24.6 Å². The van der Waals surface area contributed by atoms with E-state index >= 15 is 0 Å². The fourth-order valence-corrected chi connectivity index (χ4v) is 2.89. The Morgan fingerprint density at radius 2 is 1.89 bits per heavy atom. The van der Waals surface area contributed by atoms with Gasteiger partial charge in [-0.25, -0.2) is 0 Å². The average molecular weight is 268 g/mol. The zero-order chi connectivity index (χ0) is 13.7. The van der Waals surface area contributed by atoms with Crippen molar-refractivity contribution in [1.29, 1.82) is 5.26 Å². The van der Waals surface area contributed by atoms with Gasteiger partial charge in [0, 0.05) is 10.6 Å². The number of nitrogens with two attached hydrogens (primary N) is 1. The molecule has 0 aliphatic rings. The normalized spacial score (nSPS) is 13.5. The highest BCUT2D eigenvalue weighted by molar-refractivity contribution is 7.99. The van der Waals surface area contributed by atoms with E-state index in [2.05, 4.69) is 25.1 Å². The molecule has 0 heterocycles. The molecule has 2 N–H and O–H groups in total. The predicted octanol–water partition coefficient (Wildman–Crippen LogP) is 3.46. The summed E-state index contributed by atoms with van der Waals surface area (Å²) in [6.07, 6.45) is 0. The van der Waals surface area contributed by atoms with Gasteiger partial charge in [0.2, 0.25) is 0 Å². The van der Waals surface area contributed by atoms with Crippen LogP contribution in [0.5, 0.6) is 0 Å². The van der Waals surface area contributed by atoms with Crippen molar-refractivity contribution >= 4 is 11.8 Å². The van der Waals surface area contributed by atoms with Crippen LogP contribution in [0, 0.1) is 18.3 Å². The van der Waals surface area contributed by atoms with Gasteiger partial charge in [0.25, 0.3) is 0 Å². The molecule has 0 saturated heterocycles. The monoisotopic (exact) mass is 268 g/mol. The van der Waals surface area contributed by atoms with Crippen LogP contribution in [-0.4, -0.2) is 5.75 Å². The molecule has 0 fully saturated rings. The van der Waals surface area contributed by atoms with Crippen LogP contribution < -0.4 is 5.73 Å². The summed E-state index contributed by atoms with van der Waals surface area (Å²) in [5, 5.41) is 9.38. The van der Waals surface area contributed by atoms with Crippen molar-refractivity contribution in [2.75, 3.05) is 5.75 Å². The molecule has 0 amide bonds. The van der Waals surface area contributed by atoms with Gasteiger partial charge in [-0.1, -0.05) is 48.0 Å². The fourth-order valence-electron chi connectivity index (χ4n) is 1.82. The molecule has 0 saturated carbocycles. The molecule has 0 aliphatic carbocycles. The second-order valence-electron chi connectivity index (χ2n) is 4.55. The van der Waals surface area contributed by atoms with E-state index in [0.717, 1.165) is 10.5 Å². The molecule has 0 bridgehead atoms. The summed E-state index contributed by atoms with van der Waals surface area (Å²) < 4.78 is 0. The Morgan fingerprint density at radius 1 is 1.16 bits per heavy atom. The summed E-state index contributed by atoms with van der Waals surface area (Å²) in [5.41, 5.74) is 7.35. The number of aryl methyl sites for hydroxylation is 1. The van der Waals surface area contributed by atoms with Crippen LogP contribution >= 0.6 is 11.8 Å². The Hall–Kier alpha value is -1.76. The van der Waals surface area contributed by atoms with Crippen LogP contribution in [0.25, 0.3) is 0 Å². The minimum Gasteiger partial charge on any atom is -0.309 e. The molecular formula is C16H16N2S. The van der Waals surface area contributed by atoms with Gasteiger partial charge in [-0.15, -0.1) is 11.8 Å². The highest BCUT2D eigenvalue weighted by Crippen LogP contribution is 2.27. The standard InChI is InChI=1S/C16H16N2S/c1-13-6-5-9-15(10-13)19-12-16(18,11-17)14-7-3-2-4-8-14/h2-10H,12,18H2,1H3. The van der Waals surface area contributed by atoms with Gasteiger partial charge < -0.3 is 5.73 Å². The van der Waals surface area contributed by atoms with Crippen molar-refractivity contribution in [1.82, 2.24) is 0 Å². The first-order chi connectivity index (χ1) is 9.14.